The number of anilines is 1. The topological polar surface area (TPSA) is 53.2 Å². The molecule has 132 valence electrons. The Labute approximate surface area is 177 Å². The van der Waals surface area contributed by atoms with Crippen LogP contribution >= 0.6 is 60.0 Å². The lowest BCUT2D eigenvalue weighted by atomic mass is 10.2. The van der Waals surface area contributed by atoms with Crippen molar-refractivity contribution in [1.82, 2.24) is 10.6 Å². The van der Waals surface area contributed by atoms with Gasteiger partial charge in [0, 0.05) is 11.3 Å². The predicted octanol–water partition coefficient (Wildman–Crippen LogP) is 4.88. The van der Waals surface area contributed by atoms with E-state index in [0.29, 0.717) is 10.7 Å². The zero-order valence-corrected chi connectivity index (χ0v) is 18.8. The maximum atomic E-state index is 12.4. The lowest BCUT2D eigenvalue weighted by molar-refractivity contribution is 0.0936. The van der Waals surface area contributed by atoms with Gasteiger partial charge in [-0.3, -0.25) is 4.79 Å². The highest BCUT2D eigenvalue weighted by Crippen LogP contribution is 2.36. The lowest BCUT2D eigenvalue weighted by Crippen LogP contribution is -2.55. The van der Waals surface area contributed by atoms with Crippen LogP contribution in [0.15, 0.2) is 54.6 Å². The maximum Gasteiger partial charge on any atom is 0.252 e. The summed E-state index contributed by atoms with van der Waals surface area (Å²) >= 11 is 15.7. The van der Waals surface area contributed by atoms with E-state index in [4.69, 9.17) is 12.2 Å². The smallest absolute Gasteiger partial charge is 0.252 e. The van der Waals surface area contributed by atoms with E-state index >= 15 is 0 Å². The number of aryl methyl sites for hydroxylation is 1. The molecule has 0 bridgehead atoms. The quantitative estimate of drug-likeness (QED) is 0.289. The molecule has 0 saturated carbocycles. The van der Waals surface area contributed by atoms with Crippen LogP contribution in [0, 0.1) is 6.92 Å². The molecule has 3 N–H and O–H groups in total. The van der Waals surface area contributed by atoms with E-state index in [2.05, 4.69) is 63.7 Å². The molecule has 0 aromatic heterocycles. The summed E-state index contributed by atoms with van der Waals surface area (Å²) in [6.07, 6.45) is -0.564. The molecule has 0 saturated heterocycles. The Hall–Kier alpha value is -0.960. The number of carbonyl (C=O) groups excluding carboxylic acids is 1. The van der Waals surface area contributed by atoms with Crippen LogP contribution in [0.1, 0.15) is 15.9 Å². The Morgan fingerprint density at radius 2 is 1.60 bits per heavy atom. The fourth-order valence-corrected chi connectivity index (χ4v) is 2.86. The highest BCUT2D eigenvalue weighted by Gasteiger charge is 2.33. The summed E-state index contributed by atoms with van der Waals surface area (Å²) < 4.78 is -0.781. The average molecular weight is 550 g/mol. The fraction of sp³-hybridized carbons (Fsp3) is 0.176. The normalized spacial score (nSPS) is 12.2. The molecule has 0 spiro atoms. The number of carbonyl (C=O) groups is 1. The van der Waals surface area contributed by atoms with Gasteiger partial charge in [-0.15, -0.1) is 0 Å². The zero-order valence-electron chi connectivity index (χ0n) is 13.2. The van der Waals surface area contributed by atoms with Crippen molar-refractivity contribution in [3.8, 4) is 0 Å². The van der Waals surface area contributed by atoms with E-state index in [-0.39, 0.29) is 5.91 Å². The van der Waals surface area contributed by atoms with Crippen molar-refractivity contribution in [2.75, 3.05) is 5.32 Å². The Morgan fingerprint density at radius 1 is 1.00 bits per heavy atom. The Balaban J connectivity index is 2.03. The first-order chi connectivity index (χ1) is 11.8. The number of thiocarbonyl (C=S) groups is 1. The van der Waals surface area contributed by atoms with Gasteiger partial charge in [0.15, 0.2) is 7.26 Å². The third-order valence-corrected chi connectivity index (χ3v) is 4.82. The number of amides is 1. The monoisotopic (exact) mass is 547 g/mol. The van der Waals surface area contributed by atoms with Crippen molar-refractivity contribution in [2.24, 2.45) is 0 Å². The SMILES string of the molecule is Cc1ccc(NC(=S)N[C@@H](NC(=O)c2ccccc2)C(Br)(Br)Br)cc1. The number of nitrogens with one attached hydrogen (secondary N) is 3. The number of benzene rings is 2. The minimum atomic E-state index is -0.781. The van der Waals surface area contributed by atoms with Gasteiger partial charge >= 0.3 is 0 Å². The van der Waals surface area contributed by atoms with E-state index in [0.717, 1.165) is 11.3 Å². The van der Waals surface area contributed by atoms with Crippen molar-refractivity contribution in [2.45, 2.75) is 15.2 Å². The Morgan fingerprint density at radius 3 is 2.16 bits per heavy atom. The molecular weight excluding hydrogens is 534 g/mol. The zero-order chi connectivity index (χ0) is 18.4. The Bertz CT molecular complexity index is 733. The molecule has 0 aliphatic rings. The van der Waals surface area contributed by atoms with Crippen LogP contribution in [-0.4, -0.2) is 19.3 Å². The van der Waals surface area contributed by atoms with Crippen LogP contribution in [0.25, 0.3) is 0 Å². The largest absolute Gasteiger partial charge is 0.340 e. The second-order valence-corrected chi connectivity index (χ2v) is 12.6. The Kier molecular flexibility index (Phi) is 7.42. The van der Waals surface area contributed by atoms with E-state index in [1.807, 2.05) is 49.4 Å². The van der Waals surface area contributed by atoms with Gasteiger partial charge in [0.25, 0.3) is 5.91 Å². The van der Waals surface area contributed by atoms with E-state index in [1.165, 1.54) is 0 Å². The standard InChI is InChI=1S/C17H16Br3N3OS/c1-11-7-9-13(10-8-11)21-16(25)23-15(17(18,19)20)22-14(24)12-5-3-2-4-6-12/h2-10,15H,1H3,(H,22,24)(H2,21,23,25)/t15-/m1/s1. The molecule has 0 heterocycles. The van der Waals surface area contributed by atoms with Gasteiger partial charge in [-0.25, -0.2) is 0 Å². The summed E-state index contributed by atoms with van der Waals surface area (Å²) in [5.41, 5.74) is 2.59. The second-order valence-electron chi connectivity index (χ2n) is 5.28. The summed E-state index contributed by atoms with van der Waals surface area (Å²) in [6, 6.07) is 16.8. The van der Waals surface area contributed by atoms with Gasteiger partial charge in [-0.05, 0) is 43.4 Å². The van der Waals surface area contributed by atoms with Crippen LogP contribution in [0.2, 0.25) is 0 Å². The van der Waals surface area contributed by atoms with Crippen LogP contribution in [-0.2, 0) is 0 Å². The van der Waals surface area contributed by atoms with Gasteiger partial charge in [-0.1, -0.05) is 83.7 Å². The molecule has 2 aromatic rings. The highest BCUT2D eigenvalue weighted by atomic mass is 80.0. The van der Waals surface area contributed by atoms with Gasteiger partial charge in [0.1, 0.15) is 6.17 Å². The first-order valence-corrected chi connectivity index (χ1v) is 10.1. The van der Waals surface area contributed by atoms with Crippen molar-refractivity contribution in [3.63, 3.8) is 0 Å². The van der Waals surface area contributed by atoms with Crippen molar-refractivity contribution >= 4 is 76.7 Å². The van der Waals surface area contributed by atoms with Crippen molar-refractivity contribution < 1.29 is 4.79 Å². The van der Waals surface area contributed by atoms with Crippen LogP contribution in [0.3, 0.4) is 0 Å². The minimum Gasteiger partial charge on any atom is -0.340 e. The molecule has 1 atom stereocenters. The van der Waals surface area contributed by atoms with Crippen LogP contribution in [0.5, 0.6) is 0 Å². The molecule has 25 heavy (non-hydrogen) atoms. The second kappa shape index (κ2) is 9.12. The number of halogens is 3. The molecule has 4 nitrogen and oxygen atoms in total. The number of hydrogen-bond acceptors (Lipinski definition) is 2. The molecule has 1 amide bonds. The van der Waals surface area contributed by atoms with Gasteiger partial charge in [0.05, 0.1) is 0 Å². The molecule has 0 unspecified atom stereocenters. The molecular formula is C17H16Br3N3OS. The highest BCUT2D eigenvalue weighted by molar-refractivity contribution is 9.39. The fourth-order valence-electron chi connectivity index (χ4n) is 1.94. The number of rotatable bonds is 4. The summed E-state index contributed by atoms with van der Waals surface area (Å²) in [6.45, 7) is 2.02. The molecule has 0 aliphatic carbocycles. The van der Waals surface area contributed by atoms with Crippen molar-refractivity contribution in [3.05, 3.63) is 65.7 Å². The molecule has 8 heteroatoms. The molecule has 0 radical (unpaired) electrons. The first kappa shape index (κ1) is 20.4. The summed E-state index contributed by atoms with van der Waals surface area (Å²) in [4.78, 5) is 12.4. The van der Waals surface area contributed by atoms with Crippen LogP contribution in [0.4, 0.5) is 5.69 Å². The van der Waals surface area contributed by atoms with Gasteiger partial charge in [-0.2, -0.15) is 0 Å². The average Bonchev–Trinajstić information content (AvgIpc) is 2.56. The number of hydrogen-bond donors (Lipinski definition) is 3. The summed E-state index contributed by atoms with van der Waals surface area (Å²) in [7, 11) is 0. The summed E-state index contributed by atoms with van der Waals surface area (Å²) in [5, 5.41) is 9.42. The lowest BCUT2D eigenvalue weighted by Gasteiger charge is -2.28. The van der Waals surface area contributed by atoms with Crippen molar-refractivity contribution in [1.29, 1.82) is 0 Å². The molecule has 0 fully saturated rings. The van der Waals surface area contributed by atoms with E-state index in [9.17, 15) is 4.79 Å². The molecule has 2 rings (SSSR count). The van der Waals surface area contributed by atoms with E-state index < -0.39 is 8.31 Å². The minimum absolute atomic E-state index is 0.223. The third-order valence-electron chi connectivity index (χ3n) is 3.22. The number of alkyl halides is 3. The molecule has 2 aromatic carbocycles. The maximum absolute atomic E-state index is 12.4. The third kappa shape index (κ3) is 6.69. The molecule has 0 aliphatic heterocycles. The van der Waals surface area contributed by atoms with E-state index in [1.54, 1.807) is 12.1 Å². The summed E-state index contributed by atoms with van der Waals surface area (Å²) in [5.74, 6) is -0.223. The van der Waals surface area contributed by atoms with Gasteiger partial charge in [0.2, 0.25) is 0 Å². The van der Waals surface area contributed by atoms with Gasteiger partial charge < -0.3 is 16.0 Å². The first-order valence-electron chi connectivity index (χ1n) is 7.32. The van der Waals surface area contributed by atoms with Crippen LogP contribution < -0.4 is 16.0 Å². The predicted molar refractivity (Wildman–Crippen MR) is 118 cm³/mol.